The summed E-state index contributed by atoms with van der Waals surface area (Å²) in [5, 5.41) is 8.07. The fraction of sp³-hybridized carbons (Fsp3) is 0. The normalized spacial score (nSPS) is 11.8. The van der Waals surface area contributed by atoms with E-state index >= 15 is 0 Å². The van der Waals surface area contributed by atoms with E-state index in [4.69, 9.17) is 8.83 Å². The van der Waals surface area contributed by atoms with Crippen LogP contribution in [0.1, 0.15) is 0 Å². The van der Waals surface area contributed by atoms with Crippen molar-refractivity contribution in [3.63, 3.8) is 0 Å². The van der Waals surface area contributed by atoms with Gasteiger partial charge in [0.05, 0.1) is 11.6 Å². The van der Waals surface area contributed by atoms with Gasteiger partial charge < -0.3 is 8.83 Å². The third-order valence-electron chi connectivity index (χ3n) is 8.55. The van der Waals surface area contributed by atoms with Gasteiger partial charge >= 0.3 is 0 Å². The summed E-state index contributed by atoms with van der Waals surface area (Å²) in [5.74, 6) is 0. The highest BCUT2D eigenvalue weighted by Crippen LogP contribution is 2.47. The molecule has 0 fully saturated rings. The van der Waals surface area contributed by atoms with E-state index in [1.807, 2.05) is 12.1 Å². The Morgan fingerprint density at radius 1 is 0.357 bits per heavy atom. The van der Waals surface area contributed by atoms with Crippen LogP contribution in [-0.2, 0) is 0 Å². The molecule has 9 aromatic rings. The third kappa shape index (κ3) is 3.33. The molecule has 0 N–H and O–H groups in total. The molecule has 0 saturated heterocycles. The Balaban J connectivity index is 1.38. The number of para-hydroxylation sites is 1. The first kappa shape index (κ1) is 23.1. The zero-order valence-electron chi connectivity index (χ0n) is 22.7. The molecule has 0 aliphatic carbocycles. The lowest BCUT2D eigenvalue weighted by atomic mass is 9.85. The molecular formula is C40H24O2. The van der Waals surface area contributed by atoms with Crippen LogP contribution in [-0.4, -0.2) is 0 Å². The molecule has 7 aromatic carbocycles. The van der Waals surface area contributed by atoms with E-state index in [9.17, 15) is 0 Å². The summed E-state index contributed by atoms with van der Waals surface area (Å²) in [4.78, 5) is 0. The molecule has 0 atom stereocenters. The van der Waals surface area contributed by atoms with Crippen LogP contribution in [0, 0.1) is 0 Å². The molecule has 2 aromatic heterocycles. The second kappa shape index (κ2) is 8.95. The molecule has 2 heterocycles. The molecule has 0 bridgehead atoms. The number of hydrogen-bond acceptors (Lipinski definition) is 2. The predicted octanol–water partition coefficient (Wildman–Crippen LogP) is 11.6. The fourth-order valence-corrected chi connectivity index (χ4v) is 6.71. The SMILES string of the molecule is c1ccc(-c2cccc(-c3c4ccccc4c(-c4cccc5c4oc4c6ccoc6ccc54)c4ccccc34)c2)cc1. The van der Waals surface area contributed by atoms with Gasteiger partial charge in [0.2, 0.25) is 0 Å². The first-order chi connectivity index (χ1) is 20.8. The number of benzene rings is 7. The molecule has 9 rings (SSSR count). The number of hydrogen-bond donors (Lipinski definition) is 0. The number of fused-ring (bicyclic) bond motifs is 7. The smallest absolute Gasteiger partial charge is 0.146 e. The Morgan fingerprint density at radius 2 is 0.952 bits per heavy atom. The minimum Gasteiger partial charge on any atom is -0.464 e. The van der Waals surface area contributed by atoms with Crippen molar-refractivity contribution in [3.8, 4) is 33.4 Å². The molecule has 196 valence electrons. The molecule has 0 aliphatic heterocycles. The zero-order chi connectivity index (χ0) is 27.6. The maximum atomic E-state index is 6.73. The van der Waals surface area contributed by atoms with Crippen LogP contribution in [0.15, 0.2) is 155 Å². The van der Waals surface area contributed by atoms with Crippen molar-refractivity contribution in [2.75, 3.05) is 0 Å². The molecule has 2 heteroatoms. The Hall–Kier alpha value is -5.60. The van der Waals surface area contributed by atoms with Gasteiger partial charge in [0.1, 0.15) is 16.7 Å². The van der Waals surface area contributed by atoms with E-state index in [-0.39, 0.29) is 0 Å². The average Bonchev–Trinajstić information content (AvgIpc) is 3.69. The Labute approximate surface area is 242 Å². The van der Waals surface area contributed by atoms with Gasteiger partial charge in [0.25, 0.3) is 0 Å². The molecule has 0 unspecified atom stereocenters. The van der Waals surface area contributed by atoms with E-state index < -0.39 is 0 Å². The van der Waals surface area contributed by atoms with E-state index in [2.05, 4.69) is 127 Å². The molecule has 0 radical (unpaired) electrons. The van der Waals surface area contributed by atoms with Crippen LogP contribution in [0.2, 0.25) is 0 Å². The average molecular weight is 537 g/mol. The van der Waals surface area contributed by atoms with Crippen LogP contribution in [0.25, 0.3) is 87.8 Å². The van der Waals surface area contributed by atoms with Gasteiger partial charge in [-0.25, -0.2) is 0 Å². The van der Waals surface area contributed by atoms with Crippen LogP contribution in [0.5, 0.6) is 0 Å². The third-order valence-corrected chi connectivity index (χ3v) is 8.55. The van der Waals surface area contributed by atoms with Crippen molar-refractivity contribution < 1.29 is 8.83 Å². The largest absolute Gasteiger partial charge is 0.464 e. The van der Waals surface area contributed by atoms with E-state index in [0.717, 1.165) is 38.5 Å². The Morgan fingerprint density at radius 3 is 1.71 bits per heavy atom. The maximum Gasteiger partial charge on any atom is 0.146 e. The quantitative estimate of drug-likeness (QED) is 0.210. The van der Waals surface area contributed by atoms with Gasteiger partial charge in [-0.2, -0.15) is 0 Å². The van der Waals surface area contributed by atoms with Crippen molar-refractivity contribution >= 4 is 54.5 Å². The Kier molecular flexibility index (Phi) is 4.93. The second-order valence-corrected chi connectivity index (χ2v) is 10.8. The lowest BCUT2D eigenvalue weighted by Crippen LogP contribution is -1.91. The van der Waals surface area contributed by atoms with E-state index in [0.29, 0.717) is 0 Å². The summed E-state index contributed by atoms with van der Waals surface area (Å²) in [6.45, 7) is 0. The second-order valence-electron chi connectivity index (χ2n) is 10.8. The van der Waals surface area contributed by atoms with Gasteiger partial charge in [-0.15, -0.1) is 0 Å². The monoisotopic (exact) mass is 536 g/mol. The molecule has 0 spiro atoms. The van der Waals surface area contributed by atoms with Crippen molar-refractivity contribution in [2.24, 2.45) is 0 Å². The summed E-state index contributed by atoms with van der Waals surface area (Å²) in [5.41, 5.74) is 9.77. The number of rotatable bonds is 3. The van der Waals surface area contributed by atoms with Crippen LogP contribution in [0.3, 0.4) is 0 Å². The Bertz CT molecular complexity index is 2400. The lowest BCUT2D eigenvalue weighted by molar-refractivity contribution is 0.615. The van der Waals surface area contributed by atoms with Gasteiger partial charge in [-0.05, 0) is 68.1 Å². The highest BCUT2D eigenvalue weighted by Gasteiger charge is 2.21. The van der Waals surface area contributed by atoms with Crippen molar-refractivity contribution in [2.45, 2.75) is 0 Å². The highest BCUT2D eigenvalue weighted by atomic mass is 16.3. The first-order valence-electron chi connectivity index (χ1n) is 14.3. The summed E-state index contributed by atoms with van der Waals surface area (Å²) >= 11 is 0. The molecule has 0 saturated carbocycles. The molecule has 42 heavy (non-hydrogen) atoms. The minimum atomic E-state index is 0.834. The fourth-order valence-electron chi connectivity index (χ4n) is 6.71. The number of furan rings is 2. The minimum absolute atomic E-state index is 0.834. The topological polar surface area (TPSA) is 26.3 Å². The van der Waals surface area contributed by atoms with Crippen LogP contribution >= 0.6 is 0 Å². The van der Waals surface area contributed by atoms with Crippen LogP contribution in [0.4, 0.5) is 0 Å². The van der Waals surface area contributed by atoms with Crippen molar-refractivity contribution in [1.82, 2.24) is 0 Å². The molecule has 0 aliphatic rings. The summed E-state index contributed by atoms with van der Waals surface area (Å²) in [6.07, 6.45) is 1.73. The first-order valence-corrected chi connectivity index (χ1v) is 14.3. The zero-order valence-corrected chi connectivity index (χ0v) is 22.7. The van der Waals surface area contributed by atoms with Crippen molar-refractivity contribution in [1.29, 1.82) is 0 Å². The molecule has 0 amide bonds. The van der Waals surface area contributed by atoms with Gasteiger partial charge in [-0.3, -0.25) is 0 Å². The maximum absolute atomic E-state index is 6.73. The van der Waals surface area contributed by atoms with E-state index in [1.165, 1.54) is 49.4 Å². The summed E-state index contributed by atoms with van der Waals surface area (Å²) < 4.78 is 12.4. The van der Waals surface area contributed by atoms with Crippen molar-refractivity contribution in [3.05, 3.63) is 146 Å². The summed E-state index contributed by atoms with van der Waals surface area (Å²) in [6, 6.07) is 49.7. The summed E-state index contributed by atoms with van der Waals surface area (Å²) in [7, 11) is 0. The van der Waals surface area contributed by atoms with E-state index in [1.54, 1.807) is 6.26 Å². The lowest BCUT2D eigenvalue weighted by Gasteiger charge is -2.18. The van der Waals surface area contributed by atoms with Crippen LogP contribution < -0.4 is 0 Å². The van der Waals surface area contributed by atoms with Gasteiger partial charge in [0, 0.05) is 21.9 Å². The van der Waals surface area contributed by atoms with Gasteiger partial charge in [0.15, 0.2) is 0 Å². The standard InChI is InChI=1S/C40H24O2/c1-2-10-25(11-3-1)26-12-8-13-27(24-26)37-28-14-4-6-16-30(28)38(31-17-7-5-15-29(31)37)35-19-9-18-32-33-20-21-36-34(22-23-41-36)39(33)42-40(32)35/h1-24H. The van der Waals surface area contributed by atoms with Gasteiger partial charge in [-0.1, -0.05) is 115 Å². The predicted molar refractivity (Wildman–Crippen MR) is 175 cm³/mol. The highest BCUT2D eigenvalue weighted by molar-refractivity contribution is 6.25. The molecule has 2 nitrogen and oxygen atoms in total. The molecular weight excluding hydrogens is 512 g/mol.